The fourth-order valence-electron chi connectivity index (χ4n) is 8.02. The molecule has 4 saturated heterocycles. The Balaban J connectivity index is 0.000000290. The van der Waals surface area contributed by atoms with E-state index in [-0.39, 0.29) is 25.0 Å². The summed E-state index contributed by atoms with van der Waals surface area (Å²) in [6, 6.07) is 1.94. The van der Waals surface area contributed by atoms with Gasteiger partial charge in [-0.25, -0.2) is 0 Å². The van der Waals surface area contributed by atoms with E-state index in [9.17, 15) is 9.59 Å². The molecule has 0 bridgehead atoms. The monoisotopic (exact) mass is 767 g/mol. The quantitative estimate of drug-likeness (QED) is 0.172. The third-order valence-corrected chi connectivity index (χ3v) is 12.7. The third-order valence-electron chi connectivity index (χ3n) is 12.7. The number of rotatable bonds is 21. The van der Waals surface area contributed by atoms with Gasteiger partial charge in [0.15, 0.2) is 0 Å². The van der Waals surface area contributed by atoms with Gasteiger partial charge < -0.3 is 39.0 Å². The van der Waals surface area contributed by atoms with Crippen LogP contribution in [0.15, 0.2) is 0 Å². The SMILES string of the molecule is CCC(C)N1CCC(COCCOCC(=O)N2CCC(C(C)C)CC2)CC1.CCC(C)N1CCN(CCOCCOCC(=O)N2CCC(NC)CC2)CC1. The van der Waals surface area contributed by atoms with Gasteiger partial charge in [-0.3, -0.25) is 19.4 Å². The second-order valence-electron chi connectivity index (χ2n) is 16.6. The Morgan fingerprint density at radius 1 is 0.593 bits per heavy atom. The molecule has 0 radical (unpaired) electrons. The molecule has 0 aromatic carbocycles. The second kappa shape index (κ2) is 27.3. The summed E-state index contributed by atoms with van der Waals surface area (Å²) in [6.45, 7) is 29.2. The van der Waals surface area contributed by atoms with E-state index < -0.39 is 0 Å². The lowest BCUT2D eigenvalue weighted by Crippen LogP contribution is -2.50. The van der Waals surface area contributed by atoms with E-state index in [0.29, 0.717) is 50.5 Å². The molecule has 0 saturated carbocycles. The third kappa shape index (κ3) is 17.8. The van der Waals surface area contributed by atoms with Crippen LogP contribution in [-0.4, -0.2) is 186 Å². The van der Waals surface area contributed by atoms with Crippen molar-refractivity contribution in [3.63, 3.8) is 0 Å². The van der Waals surface area contributed by atoms with E-state index in [1.54, 1.807) is 0 Å². The summed E-state index contributed by atoms with van der Waals surface area (Å²) < 4.78 is 22.5. The number of likely N-dealkylation sites (tertiary alicyclic amines) is 3. The first-order chi connectivity index (χ1) is 26.1. The maximum absolute atomic E-state index is 12.2. The van der Waals surface area contributed by atoms with E-state index in [4.69, 9.17) is 18.9 Å². The Kier molecular flexibility index (Phi) is 23.8. The lowest BCUT2D eigenvalue weighted by molar-refractivity contribution is -0.138. The smallest absolute Gasteiger partial charge is 0.248 e. The summed E-state index contributed by atoms with van der Waals surface area (Å²) in [6.07, 6.45) is 9.22. The zero-order valence-corrected chi connectivity index (χ0v) is 35.7. The summed E-state index contributed by atoms with van der Waals surface area (Å²) in [5, 5.41) is 3.28. The largest absolute Gasteiger partial charge is 0.379 e. The van der Waals surface area contributed by atoms with E-state index in [1.165, 1.54) is 38.8 Å². The van der Waals surface area contributed by atoms with E-state index >= 15 is 0 Å². The minimum atomic E-state index is 0.101. The molecule has 54 heavy (non-hydrogen) atoms. The van der Waals surface area contributed by atoms with Crippen LogP contribution in [0, 0.1) is 17.8 Å². The summed E-state index contributed by atoms with van der Waals surface area (Å²) in [7, 11) is 1.98. The molecule has 4 aliphatic rings. The van der Waals surface area contributed by atoms with Crippen molar-refractivity contribution in [3.8, 4) is 0 Å². The maximum Gasteiger partial charge on any atom is 0.248 e. The molecule has 0 aromatic heterocycles. The highest BCUT2D eigenvalue weighted by Crippen LogP contribution is 2.24. The number of hydrogen-bond donors (Lipinski definition) is 1. The van der Waals surface area contributed by atoms with Gasteiger partial charge in [0.05, 0.1) is 33.0 Å². The van der Waals surface area contributed by atoms with Crippen molar-refractivity contribution in [1.29, 1.82) is 0 Å². The van der Waals surface area contributed by atoms with Crippen LogP contribution in [0.5, 0.6) is 0 Å². The van der Waals surface area contributed by atoms with Crippen molar-refractivity contribution >= 4 is 11.8 Å². The zero-order valence-electron chi connectivity index (χ0n) is 35.7. The molecule has 4 fully saturated rings. The molecule has 2 amide bonds. The second-order valence-corrected chi connectivity index (χ2v) is 16.6. The van der Waals surface area contributed by atoms with Gasteiger partial charge in [0, 0.05) is 83.6 Å². The van der Waals surface area contributed by atoms with Crippen LogP contribution in [-0.2, 0) is 28.5 Å². The molecule has 4 rings (SSSR count). The Labute approximate surface area is 330 Å². The Hall–Kier alpha value is -1.38. The molecule has 2 unspecified atom stereocenters. The molecule has 12 heteroatoms. The van der Waals surface area contributed by atoms with Gasteiger partial charge in [-0.2, -0.15) is 0 Å². The van der Waals surface area contributed by atoms with Crippen LogP contribution in [0.1, 0.15) is 92.9 Å². The molecule has 12 nitrogen and oxygen atoms in total. The average molecular weight is 767 g/mol. The lowest BCUT2D eigenvalue weighted by Gasteiger charge is -2.37. The number of nitrogens with one attached hydrogen (secondary N) is 1. The summed E-state index contributed by atoms with van der Waals surface area (Å²) in [5.74, 6) is 2.39. The molecule has 0 spiro atoms. The van der Waals surface area contributed by atoms with Crippen molar-refractivity contribution in [3.05, 3.63) is 0 Å². The first-order valence-corrected chi connectivity index (χ1v) is 21.9. The fraction of sp³-hybridized carbons (Fsp3) is 0.952. The predicted molar refractivity (Wildman–Crippen MR) is 218 cm³/mol. The Morgan fingerprint density at radius 2 is 1.07 bits per heavy atom. The topological polar surface area (TPSA) is 99.3 Å². The van der Waals surface area contributed by atoms with Gasteiger partial charge >= 0.3 is 0 Å². The molecule has 1 N–H and O–H groups in total. The van der Waals surface area contributed by atoms with Gasteiger partial charge in [-0.05, 0) is 103 Å². The van der Waals surface area contributed by atoms with Crippen molar-refractivity contribution < 1.29 is 28.5 Å². The van der Waals surface area contributed by atoms with E-state index in [2.05, 4.69) is 61.6 Å². The normalized spacial score (nSPS) is 21.6. The van der Waals surface area contributed by atoms with Gasteiger partial charge in [0.2, 0.25) is 11.8 Å². The van der Waals surface area contributed by atoms with Crippen LogP contribution in [0.4, 0.5) is 0 Å². The van der Waals surface area contributed by atoms with Crippen molar-refractivity contribution in [2.24, 2.45) is 17.8 Å². The van der Waals surface area contributed by atoms with Gasteiger partial charge in [-0.1, -0.05) is 27.7 Å². The van der Waals surface area contributed by atoms with E-state index in [0.717, 1.165) is 110 Å². The number of piperazine rings is 1. The number of hydrogen-bond acceptors (Lipinski definition) is 10. The highest BCUT2D eigenvalue weighted by molar-refractivity contribution is 5.77. The number of amides is 2. The molecule has 0 aliphatic carbocycles. The fourth-order valence-corrected chi connectivity index (χ4v) is 8.02. The number of piperidine rings is 3. The average Bonchev–Trinajstić information content (AvgIpc) is 3.21. The minimum Gasteiger partial charge on any atom is -0.379 e. The van der Waals surface area contributed by atoms with Crippen molar-refractivity contribution in [1.82, 2.24) is 29.8 Å². The number of carbonyl (C=O) groups excluding carboxylic acids is 2. The summed E-state index contributed by atoms with van der Waals surface area (Å²) in [5.41, 5.74) is 0. The standard InChI is InChI=1S/C22H42N2O3.C20H40N4O3/c1-5-19(4)23-10-6-20(7-11-23)16-26-14-15-27-17-22(25)24-12-8-21(9-13-24)18(2)3;1-4-18(2)23-11-9-22(10-12-23)13-14-26-15-16-27-17-20(25)24-7-5-19(21-3)6-8-24/h18-21H,5-17H2,1-4H3;18-19,21H,4-17H2,1-3H3. The zero-order chi connectivity index (χ0) is 39.1. The lowest BCUT2D eigenvalue weighted by atomic mass is 9.87. The van der Waals surface area contributed by atoms with Gasteiger partial charge in [0.1, 0.15) is 13.2 Å². The van der Waals surface area contributed by atoms with Crippen LogP contribution in [0.25, 0.3) is 0 Å². The Morgan fingerprint density at radius 3 is 1.57 bits per heavy atom. The summed E-state index contributed by atoms with van der Waals surface area (Å²) in [4.78, 5) is 35.8. The number of carbonyl (C=O) groups is 2. The number of ether oxygens (including phenoxy) is 4. The summed E-state index contributed by atoms with van der Waals surface area (Å²) >= 11 is 0. The molecule has 2 atom stereocenters. The minimum absolute atomic E-state index is 0.101. The maximum atomic E-state index is 12.2. The predicted octanol–water partition coefficient (Wildman–Crippen LogP) is 4.07. The highest BCUT2D eigenvalue weighted by atomic mass is 16.5. The Bertz CT molecular complexity index is 976. The van der Waals surface area contributed by atoms with Crippen LogP contribution in [0.3, 0.4) is 0 Å². The molecule has 4 heterocycles. The number of nitrogens with zero attached hydrogens (tertiary/aromatic N) is 5. The molecular weight excluding hydrogens is 684 g/mol. The first kappa shape index (κ1) is 47.0. The molecule has 4 aliphatic heterocycles. The molecule has 0 aromatic rings. The van der Waals surface area contributed by atoms with Crippen molar-refractivity contribution in [2.75, 3.05) is 132 Å². The van der Waals surface area contributed by atoms with E-state index in [1.807, 2.05) is 16.8 Å². The van der Waals surface area contributed by atoms with Crippen LogP contribution < -0.4 is 5.32 Å². The molecular formula is C42H82N6O6. The molecule has 316 valence electrons. The highest BCUT2D eigenvalue weighted by Gasteiger charge is 2.26. The first-order valence-electron chi connectivity index (χ1n) is 21.9. The van der Waals surface area contributed by atoms with Crippen molar-refractivity contribution in [2.45, 2.75) is 111 Å². The van der Waals surface area contributed by atoms with Gasteiger partial charge in [0.25, 0.3) is 0 Å². The van der Waals surface area contributed by atoms with Crippen LogP contribution in [0.2, 0.25) is 0 Å². The van der Waals surface area contributed by atoms with Crippen LogP contribution >= 0.6 is 0 Å². The van der Waals surface area contributed by atoms with Gasteiger partial charge in [-0.15, -0.1) is 0 Å².